The van der Waals surface area contributed by atoms with Crippen LogP contribution < -0.4 is 15.5 Å². The predicted molar refractivity (Wildman–Crippen MR) is 83.3 cm³/mol. The lowest BCUT2D eigenvalue weighted by atomic mass is 10.2. The highest BCUT2D eigenvalue weighted by molar-refractivity contribution is 5.87. The summed E-state index contributed by atoms with van der Waals surface area (Å²) in [6, 6.07) is 7.54. The second-order valence-corrected chi connectivity index (χ2v) is 4.42. The number of benzene rings is 1. The van der Waals surface area contributed by atoms with Crippen LogP contribution in [0, 0.1) is 0 Å². The average Bonchev–Trinajstić information content (AvgIpc) is 2.55. The van der Waals surface area contributed by atoms with Crippen LogP contribution in [0.5, 0.6) is 5.75 Å². The van der Waals surface area contributed by atoms with E-state index in [1.54, 1.807) is 19.3 Å². The zero-order valence-electron chi connectivity index (χ0n) is 12.4. The predicted octanol–water partition coefficient (Wildman–Crippen LogP) is 1.67. The Morgan fingerprint density at radius 2 is 1.95 bits per heavy atom. The number of carbonyl (C=O) groups excluding carboxylic acids is 2. The minimum Gasteiger partial charge on any atom is -0.497 e. The van der Waals surface area contributed by atoms with Crippen LogP contribution in [0.2, 0.25) is 0 Å². The Morgan fingerprint density at radius 1 is 1.23 bits per heavy atom. The van der Waals surface area contributed by atoms with Crippen LogP contribution in [-0.4, -0.2) is 30.7 Å². The smallest absolute Gasteiger partial charge is 0.243 e. The van der Waals surface area contributed by atoms with Crippen molar-refractivity contribution >= 4 is 17.9 Å². The van der Waals surface area contributed by atoms with E-state index < -0.39 is 5.91 Å². The third kappa shape index (κ3) is 7.25. The molecule has 0 aliphatic carbocycles. The number of methoxy groups -OCH3 is 1. The van der Waals surface area contributed by atoms with E-state index in [2.05, 4.69) is 5.32 Å². The van der Waals surface area contributed by atoms with E-state index in [1.165, 1.54) is 11.6 Å². The van der Waals surface area contributed by atoms with Crippen LogP contribution in [0.1, 0.15) is 18.4 Å². The van der Waals surface area contributed by atoms with Crippen LogP contribution in [0.4, 0.5) is 0 Å². The summed E-state index contributed by atoms with van der Waals surface area (Å²) < 4.78 is 5.07. The van der Waals surface area contributed by atoms with Gasteiger partial charge in [0.15, 0.2) is 0 Å². The molecule has 0 aliphatic rings. The van der Waals surface area contributed by atoms with Crippen molar-refractivity contribution in [2.45, 2.75) is 12.8 Å². The molecule has 0 radical (unpaired) electrons. The second-order valence-electron chi connectivity index (χ2n) is 4.42. The lowest BCUT2D eigenvalue weighted by molar-refractivity contribution is -0.129. The van der Waals surface area contributed by atoms with Gasteiger partial charge < -0.3 is 10.1 Å². The van der Waals surface area contributed by atoms with Crippen molar-refractivity contribution in [2.24, 2.45) is 0 Å². The normalized spacial score (nSPS) is 10.8. The molecule has 0 unspecified atom stereocenters. The van der Waals surface area contributed by atoms with Crippen molar-refractivity contribution in [2.75, 3.05) is 13.7 Å². The lowest BCUT2D eigenvalue weighted by Gasteiger charge is -2.00. The Balaban J connectivity index is 2.27. The summed E-state index contributed by atoms with van der Waals surface area (Å²) in [5.74, 6) is 0.0953. The Bertz CT molecular complexity index is 536. The summed E-state index contributed by atoms with van der Waals surface area (Å²) >= 11 is 0. The van der Waals surface area contributed by atoms with Gasteiger partial charge in [-0.1, -0.05) is 30.4 Å². The molecule has 0 heterocycles. The summed E-state index contributed by atoms with van der Waals surface area (Å²) in [6.07, 6.45) is 7.31. The Morgan fingerprint density at radius 3 is 2.59 bits per heavy atom. The quantitative estimate of drug-likeness (QED) is 0.224. The van der Waals surface area contributed by atoms with Gasteiger partial charge in [-0.25, -0.2) is 5.48 Å². The highest BCUT2D eigenvalue weighted by atomic mass is 16.5. The van der Waals surface area contributed by atoms with Gasteiger partial charge in [0.2, 0.25) is 11.8 Å². The minimum atomic E-state index is -0.466. The first kappa shape index (κ1) is 17.5. The summed E-state index contributed by atoms with van der Waals surface area (Å²) in [7, 11) is 1.61. The van der Waals surface area contributed by atoms with E-state index in [4.69, 9.17) is 9.94 Å². The molecule has 3 N–H and O–H groups in total. The number of allylic oxidation sites excluding steroid dienone is 2. The molecule has 0 bridgehead atoms. The van der Waals surface area contributed by atoms with Gasteiger partial charge >= 0.3 is 0 Å². The third-order valence-corrected chi connectivity index (χ3v) is 2.77. The fourth-order valence-electron chi connectivity index (χ4n) is 1.60. The first-order valence-electron chi connectivity index (χ1n) is 6.85. The monoisotopic (exact) mass is 304 g/mol. The van der Waals surface area contributed by atoms with Crippen molar-refractivity contribution in [1.82, 2.24) is 10.8 Å². The molecule has 0 saturated carbocycles. The number of hydrogen-bond acceptors (Lipinski definition) is 4. The van der Waals surface area contributed by atoms with Crippen LogP contribution in [0.25, 0.3) is 6.08 Å². The van der Waals surface area contributed by atoms with Gasteiger partial charge in [0.25, 0.3) is 0 Å². The number of hydroxylamine groups is 1. The molecule has 0 saturated heterocycles. The van der Waals surface area contributed by atoms with Gasteiger partial charge in [0, 0.05) is 19.0 Å². The zero-order chi connectivity index (χ0) is 16.2. The van der Waals surface area contributed by atoms with E-state index in [0.717, 1.165) is 11.3 Å². The van der Waals surface area contributed by atoms with E-state index >= 15 is 0 Å². The molecule has 6 nitrogen and oxygen atoms in total. The molecule has 1 aromatic carbocycles. The van der Waals surface area contributed by atoms with E-state index in [0.29, 0.717) is 13.0 Å². The largest absolute Gasteiger partial charge is 0.497 e. The maximum atomic E-state index is 11.5. The summed E-state index contributed by atoms with van der Waals surface area (Å²) in [6.45, 7) is 0.374. The van der Waals surface area contributed by atoms with Crippen LogP contribution in [0.15, 0.2) is 42.5 Å². The second kappa shape index (κ2) is 10.2. The molecule has 22 heavy (non-hydrogen) atoms. The Labute approximate surface area is 129 Å². The third-order valence-electron chi connectivity index (χ3n) is 2.77. The van der Waals surface area contributed by atoms with Crippen molar-refractivity contribution in [1.29, 1.82) is 0 Å². The molecule has 1 rings (SSSR count). The number of ether oxygens (including phenoxy) is 1. The molecule has 2 amide bonds. The maximum Gasteiger partial charge on any atom is 0.243 e. The molecule has 0 spiro atoms. The molecule has 0 aliphatic heterocycles. The van der Waals surface area contributed by atoms with Gasteiger partial charge in [0.1, 0.15) is 5.75 Å². The topological polar surface area (TPSA) is 87.7 Å². The van der Waals surface area contributed by atoms with Crippen molar-refractivity contribution < 1.29 is 19.5 Å². The zero-order valence-corrected chi connectivity index (χ0v) is 12.4. The Hall–Kier alpha value is -2.60. The average molecular weight is 304 g/mol. The van der Waals surface area contributed by atoms with Crippen molar-refractivity contribution in [3.05, 3.63) is 48.1 Å². The standard InChI is InChI=1S/C16H20N2O4/c1-22-14-10-8-13(9-11-14)5-2-3-6-15(19)17-12-4-7-16(20)18-21/h2-3,5-6,8-11,21H,4,7,12H2,1H3,(H,17,19)(H,18,20)/b5-2+,6-3+. The number of carbonyl (C=O) groups is 2. The summed E-state index contributed by atoms with van der Waals surface area (Å²) in [5.41, 5.74) is 2.54. The molecule has 1 aromatic rings. The fourth-order valence-corrected chi connectivity index (χ4v) is 1.60. The highest BCUT2D eigenvalue weighted by Gasteiger charge is 1.99. The molecular weight excluding hydrogens is 284 g/mol. The van der Waals surface area contributed by atoms with Gasteiger partial charge in [0.05, 0.1) is 7.11 Å². The number of rotatable bonds is 8. The number of nitrogens with one attached hydrogen (secondary N) is 2. The number of hydrogen-bond donors (Lipinski definition) is 3. The minimum absolute atomic E-state index is 0.165. The first-order chi connectivity index (χ1) is 10.7. The highest BCUT2D eigenvalue weighted by Crippen LogP contribution is 2.12. The number of amides is 2. The van der Waals surface area contributed by atoms with Crippen LogP contribution in [0.3, 0.4) is 0 Å². The first-order valence-corrected chi connectivity index (χ1v) is 6.85. The maximum absolute atomic E-state index is 11.5. The Kier molecular flexibility index (Phi) is 8.07. The fraction of sp³-hybridized carbons (Fsp3) is 0.250. The molecule has 118 valence electrons. The van der Waals surface area contributed by atoms with Crippen LogP contribution >= 0.6 is 0 Å². The van der Waals surface area contributed by atoms with Crippen molar-refractivity contribution in [3.8, 4) is 5.75 Å². The van der Waals surface area contributed by atoms with E-state index in [1.807, 2.05) is 30.3 Å². The van der Waals surface area contributed by atoms with Gasteiger partial charge in [-0.2, -0.15) is 0 Å². The van der Waals surface area contributed by atoms with E-state index in [9.17, 15) is 9.59 Å². The van der Waals surface area contributed by atoms with Gasteiger partial charge in [-0.15, -0.1) is 0 Å². The lowest BCUT2D eigenvalue weighted by Crippen LogP contribution is -2.24. The molecule has 0 fully saturated rings. The SMILES string of the molecule is COc1ccc(/C=C/C=C/C(=O)NCCCC(=O)NO)cc1. The molecule has 0 aromatic heterocycles. The van der Waals surface area contributed by atoms with Crippen molar-refractivity contribution in [3.63, 3.8) is 0 Å². The van der Waals surface area contributed by atoms with Gasteiger partial charge in [-0.05, 0) is 24.1 Å². The van der Waals surface area contributed by atoms with Gasteiger partial charge in [-0.3, -0.25) is 14.8 Å². The van der Waals surface area contributed by atoms with Crippen LogP contribution in [-0.2, 0) is 9.59 Å². The summed E-state index contributed by atoms with van der Waals surface area (Å²) in [5, 5.41) is 10.9. The summed E-state index contributed by atoms with van der Waals surface area (Å²) in [4.78, 5) is 22.2. The molecular formula is C16H20N2O4. The van der Waals surface area contributed by atoms with E-state index in [-0.39, 0.29) is 12.3 Å². The molecule has 0 atom stereocenters. The molecule has 6 heteroatoms.